The van der Waals surface area contributed by atoms with Crippen LogP contribution in [0.3, 0.4) is 0 Å². The first-order chi connectivity index (χ1) is 17.6. The zero-order chi connectivity index (χ0) is 25.3. The van der Waals surface area contributed by atoms with Crippen molar-refractivity contribution in [2.45, 2.75) is 77.7 Å². The van der Waals surface area contributed by atoms with Gasteiger partial charge in [0.1, 0.15) is 5.00 Å². The molecule has 0 unspecified atom stereocenters. The molecular weight excluding hydrogens is 476 g/mol. The molecule has 1 amide bonds. The van der Waals surface area contributed by atoms with E-state index in [0.717, 1.165) is 54.7 Å². The van der Waals surface area contributed by atoms with Crippen molar-refractivity contribution in [3.63, 3.8) is 0 Å². The van der Waals surface area contributed by atoms with Gasteiger partial charge in [0.05, 0.1) is 18.8 Å². The standard InChI is InChI=1S/C28H36N2O5S/c1-3-33-23-16-19(14-15-22(23)35-18-25(31)34-4-2)17-29-28-26(21-12-8-9-13-24(21)36-28)27(32)30-20-10-6-5-7-11-20/h14-17,20H,3-13,18H2,1-2H3,(H,30,32). The fourth-order valence-corrected chi connectivity index (χ4v) is 6.08. The number of aliphatic imine (C=N–C) groups is 1. The Balaban J connectivity index is 1.55. The Kier molecular flexibility index (Phi) is 9.39. The molecule has 2 aliphatic carbocycles. The Morgan fingerprint density at radius 2 is 1.83 bits per heavy atom. The molecule has 0 radical (unpaired) electrons. The van der Waals surface area contributed by atoms with E-state index in [0.29, 0.717) is 24.7 Å². The fraction of sp³-hybridized carbons (Fsp3) is 0.536. The normalized spacial score (nSPS) is 15.9. The SMILES string of the molecule is CCOC(=O)COc1ccc(C=Nc2sc3c(c2C(=O)NC2CCCCC2)CCCC3)cc1OCC. The molecule has 1 aromatic carbocycles. The summed E-state index contributed by atoms with van der Waals surface area (Å²) in [5.74, 6) is 0.602. The third-order valence-corrected chi connectivity index (χ3v) is 7.77. The van der Waals surface area contributed by atoms with Gasteiger partial charge in [-0.3, -0.25) is 4.79 Å². The summed E-state index contributed by atoms with van der Waals surface area (Å²) in [5, 5.41) is 4.07. The largest absolute Gasteiger partial charge is 0.490 e. The van der Waals surface area contributed by atoms with E-state index >= 15 is 0 Å². The van der Waals surface area contributed by atoms with Crippen molar-refractivity contribution in [1.29, 1.82) is 0 Å². The van der Waals surface area contributed by atoms with Crippen LogP contribution in [0.5, 0.6) is 11.5 Å². The average Bonchev–Trinajstić information content (AvgIpc) is 3.26. The van der Waals surface area contributed by atoms with Gasteiger partial charge < -0.3 is 19.5 Å². The number of aryl methyl sites for hydroxylation is 1. The number of hydrogen-bond acceptors (Lipinski definition) is 7. The van der Waals surface area contributed by atoms with Gasteiger partial charge in [0.2, 0.25) is 0 Å². The number of nitrogens with one attached hydrogen (secondary N) is 1. The molecule has 1 aromatic heterocycles. The van der Waals surface area contributed by atoms with Crippen LogP contribution in [-0.4, -0.2) is 44.0 Å². The monoisotopic (exact) mass is 512 g/mol. The highest BCUT2D eigenvalue weighted by atomic mass is 32.1. The van der Waals surface area contributed by atoms with Crippen molar-refractivity contribution in [3.8, 4) is 11.5 Å². The van der Waals surface area contributed by atoms with E-state index in [2.05, 4.69) is 5.32 Å². The van der Waals surface area contributed by atoms with Crippen LogP contribution in [0.15, 0.2) is 23.2 Å². The van der Waals surface area contributed by atoms with Crippen LogP contribution in [0.25, 0.3) is 0 Å². The summed E-state index contributed by atoms with van der Waals surface area (Å²) < 4.78 is 16.3. The number of nitrogens with zero attached hydrogens (tertiary/aromatic N) is 1. The Hall–Kier alpha value is -2.87. The highest BCUT2D eigenvalue weighted by Gasteiger charge is 2.27. The van der Waals surface area contributed by atoms with E-state index < -0.39 is 5.97 Å². The van der Waals surface area contributed by atoms with Crippen molar-refractivity contribution in [1.82, 2.24) is 5.32 Å². The molecular formula is C28H36N2O5S. The van der Waals surface area contributed by atoms with E-state index in [1.54, 1.807) is 30.5 Å². The molecule has 0 bridgehead atoms. The minimum atomic E-state index is -0.425. The van der Waals surface area contributed by atoms with Gasteiger partial charge in [0.15, 0.2) is 18.1 Å². The van der Waals surface area contributed by atoms with E-state index in [4.69, 9.17) is 19.2 Å². The van der Waals surface area contributed by atoms with Crippen LogP contribution in [0.4, 0.5) is 5.00 Å². The number of amides is 1. The molecule has 2 aliphatic rings. The second kappa shape index (κ2) is 12.9. The highest BCUT2D eigenvalue weighted by molar-refractivity contribution is 7.16. The lowest BCUT2D eigenvalue weighted by atomic mass is 9.93. The number of benzene rings is 1. The van der Waals surface area contributed by atoms with Crippen molar-refractivity contribution < 1.29 is 23.8 Å². The van der Waals surface area contributed by atoms with Crippen LogP contribution in [0, 0.1) is 0 Å². The molecule has 2 aromatic rings. The van der Waals surface area contributed by atoms with Crippen LogP contribution < -0.4 is 14.8 Å². The predicted octanol–water partition coefficient (Wildman–Crippen LogP) is 5.78. The molecule has 4 rings (SSSR count). The first-order valence-electron chi connectivity index (χ1n) is 13.1. The van der Waals surface area contributed by atoms with Crippen molar-refractivity contribution in [2.75, 3.05) is 19.8 Å². The van der Waals surface area contributed by atoms with E-state index in [1.165, 1.54) is 29.7 Å². The number of carbonyl (C=O) groups excluding carboxylic acids is 2. The average molecular weight is 513 g/mol. The summed E-state index contributed by atoms with van der Waals surface area (Å²) in [4.78, 5) is 31.1. The summed E-state index contributed by atoms with van der Waals surface area (Å²) in [7, 11) is 0. The molecule has 1 fully saturated rings. The number of ether oxygens (including phenoxy) is 3. The summed E-state index contributed by atoms with van der Waals surface area (Å²) >= 11 is 1.64. The van der Waals surface area contributed by atoms with Gasteiger partial charge in [-0.15, -0.1) is 11.3 Å². The number of fused-ring (bicyclic) bond motifs is 1. The Morgan fingerprint density at radius 1 is 1.03 bits per heavy atom. The molecule has 36 heavy (non-hydrogen) atoms. The van der Waals surface area contributed by atoms with Crippen molar-refractivity contribution in [3.05, 3.63) is 39.8 Å². The highest BCUT2D eigenvalue weighted by Crippen LogP contribution is 2.40. The molecule has 0 spiro atoms. The minimum absolute atomic E-state index is 0.0196. The zero-order valence-electron chi connectivity index (χ0n) is 21.3. The summed E-state index contributed by atoms with van der Waals surface area (Å²) in [6.07, 6.45) is 11.7. The third kappa shape index (κ3) is 6.66. The van der Waals surface area contributed by atoms with Crippen molar-refractivity contribution >= 4 is 34.4 Å². The predicted molar refractivity (Wildman–Crippen MR) is 142 cm³/mol. The number of rotatable bonds is 10. The topological polar surface area (TPSA) is 86.2 Å². The fourth-order valence-electron chi connectivity index (χ4n) is 4.85. The molecule has 7 nitrogen and oxygen atoms in total. The molecule has 1 heterocycles. The minimum Gasteiger partial charge on any atom is -0.490 e. The lowest BCUT2D eigenvalue weighted by Gasteiger charge is -2.23. The first-order valence-corrected chi connectivity index (χ1v) is 13.9. The van der Waals surface area contributed by atoms with Crippen LogP contribution >= 0.6 is 11.3 Å². The molecule has 0 aliphatic heterocycles. The quantitative estimate of drug-likeness (QED) is 0.322. The maximum atomic E-state index is 13.4. The lowest BCUT2D eigenvalue weighted by molar-refractivity contribution is -0.145. The summed E-state index contributed by atoms with van der Waals surface area (Å²) in [6.45, 7) is 4.24. The smallest absolute Gasteiger partial charge is 0.344 e. The van der Waals surface area contributed by atoms with Crippen LogP contribution in [-0.2, 0) is 22.4 Å². The first kappa shape index (κ1) is 26.2. The second-order valence-electron chi connectivity index (χ2n) is 9.19. The van der Waals surface area contributed by atoms with Gasteiger partial charge in [-0.25, -0.2) is 9.79 Å². The zero-order valence-corrected chi connectivity index (χ0v) is 22.1. The maximum absolute atomic E-state index is 13.4. The van der Waals surface area contributed by atoms with Gasteiger partial charge >= 0.3 is 5.97 Å². The van der Waals surface area contributed by atoms with Crippen molar-refractivity contribution in [2.24, 2.45) is 4.99 Å². The Bertz CT molecular complexity index is 1090. The molecule has 194 valence electrons. The second-order valence-corrected chi connectivity index (χ2v) is 10.3. The van der Waals surface area contributed by atoms with Crippen LogP contribution in [0.1, 0.15) is 85.2 Å². The van der Waals surface area contributed by atoms with Gasteiger partial charge in [0.25, 0.3) is 5.91 Å². The van der Waals surface area contributed by atoms with E-state index in [-0.39, 0.29) is 18.6 Å². The number of esters is 1. The number of hydrogen-bond donors (Lipinski definition) is 1. The number of thiophene rings is 1. The molecule has 1 N–H and O–H groups in total. The van der Waals surface area contributed by atoms with Gasteiger partial charge in [-0.1, -0.05) is 19.3 Å². The van der Waals surface area contributed by atoms with Gasteiger partial charge in [0, 0.05) is 17.1 Å². The third-order valence-electron chi connectivity index (χ3n) is 6.57. The maximum Gasteiger partial charge on any atom is 0.344 e. The van der Waals surface area contributed by atoms with Crippen LogP contribution in [0.2, 0.25) is 0 Å². The lowest BCUT2D eigenvalue weighted by Crippen LogP contribution is -2.36. The molecule has 1 saturated carbocycles. The van der Waals surface area contributed by atoms with E-state index in [1.807, 2.05) is 19.1 Å². The molecule has 0 saturated heterocycles. The Morgan fingerprint density at radius 3 is 2.61 bits per heavy atom. The summed E-state index contributed by atoms with van der Waals surface area (Å²) in [6, 6.07) is 5.73. The molecule has 8 heteroatoms. The van der Waals surface area contributed by atoms with E-state index in [9.17, 15) is 9.59 Å². The van der Waals surface area contributed by atoms with Gasteiger partial charge in [-0.2, -0.15) is 0 Å². The summed E-state index contributed by atoms with van der Waals surface area (Å²) in [5.41, 5.74) is 2.77. The number of carbonyl (C=O) groups is 2. The Labute approximate surface area is 217 Å². The molecule has 0 atom stereocenters. The van der Waals surface area contributed by atoms with Gasteiger partial charge in [-0.05, 0) is 81.7 Å².